The average Bonchev–Trinajstić information content (AvgIpc) is 2.50. The molecule has 1 rings (SSSR count). The first-order chi connectivity index (χ1) is 7.95. The van der Waals surface area contributed by atoms with Gasteiger partial charge in [0.05, 0.1) is 6.10 Å². The van der Waals surface area contributed by atoms with E-state index in [2.05, 4.69) is 17.0 Å². The van der Waals surface area contributed by atoms with Crippen molar-refractivity contribution in [1.82, 2.24) is 4.90 Å². The van der Waals surface area contributed by atoms with Crippen LogP contribution in [0, 0.1) is 5.41 Å². The van der Waals surface area contributed by atoms with Crippen LogP contribution in [0.25, 0.3) is 0 Å². The third kappa shape index (κ3) is 4.52. The highest BCUT2D eigenvalue weighted by atomic mass is 16.5. The van der Waals surface area contributed by atoms with Crippen LogP contribution < -0.4 is 5.73 Å². The van der Waals surface area contributed by atoms with E-state index in [1.807, 2.05) is 13.8 Å². The van der Waals surface area contributed by atoms with Crippen molar-refractivity contribution in [2.75, 3.05) is 26.2 Å². The number of rotatable bonds is 4. The Morgan fingerprint density at radius 3 is 2.94 bits per heavy atom. The smallest absolute Gasteiger partial charge is 0.144 e. The van der Waals surface area contributed by atoms with Crippen molar-refractivity contribution in [3.05, 3.63) is 0 Å². The monoisotopic (exact) mass is 243 g/mol. The first-order valence-corrected chi connectivity index (χ1v) is 6.27. The van der Waals surface area contributed by atoms with Gasteiger partial charge in [0.1, 0.15) is 5.84 Å². The summed E-state index contributed by atoms with van der Waals surface area (Å²) in [5.74, 6) is 0.302. The van der Waals surface area contributed by atoms with Crippen LogP contribution in [0.3, 0.4) is 0 Å². The number of ether oxygens (including phenoxy) is 1. The van der Waals surface area contributed by atoms with Crippen molar-refractivity contribution < 1.29 is 9.94 Å². The Hall–Kier alpha value is -0.810. The minimum Gasteiger partial charge on any atom is -0.409 e. The summed E-state index contributed by atoms with van der Waals surface area (Å²) in [5, 5.41) is 11.8. The van der Waals surface area contributed by atoms with Crippen molar-refractivity contribution in [3.8, 4) is 0 Å². The second-order valence-electron chi connectivity index (χ2n) is 5.45. The fraction of sp³-hybridized carbons (Fsp3) is 0.917. The van der Waals surface area contributed by atoms with Crippen LogP contribution in [-0.4, -0.2) is 48.3 Å². The van der Waals surface area contributed by atoms with E-state index >= 15 is 0 Å². The lowest BCUT2D eigenvalue weighted by molar-refractivity contribution is 0.0667. The van der Waals surface area contributed by atoms with Crippen LogP contribution in [-0.2, 0) is 4.74 Å². The topological polar surface area (TPSA) is 71.1 Å². The molecule has 1 fully saturated rings. The van der Waals surface area contributed by atoms with Gasteiger partial charge in [0, 0.05) is 25.1 Å². The van der Waals surface area contributed by atoms with Gasteiger partial charge in [-0.2, -0.15) is 0 Å². The maximum atomic E-state index is 8.72. The zero-order chi connectivity index (χ0) is 12.9. The lowest BCUT2D eigenvalue weighted by Crippen LogP contribution is -2.38. The fourth-order valence-electron chi connectivity index (χ4n) is 1.98. The molecule has 0 saturated carbocycles. The molecule has 0 radical (unpaired) electrons. The van der Waals surface area contributed by atoms with Gasteiger partial charge in [-0.3, -0.25) is 0 Å². The van der Waals surface area contributed by atoms with Gasteiger partial charge in [-0.25, -0.2) is 0 Å². The van der Waals surface area contributed by atoms with Crippen molar-refractivity contribution in [3.63, 3.8) is 0 Å². The van der Waals surface area contributed by atoms with E-state index in [0.29, 0.717) is 11.9 Å². The minimum absolute atomic E-state index is 0.259. The Labute approximate surface area is 104 Å². The quantitative estimate of drug-likeness (QED) is 0.337. The molecule has 1 atom stereocenters. The fourth-order valence-corrected chi connectivity index (χ4v) is 1.98. The predicted molar refractivity (Wildman–Crippen MR) is 68.3 cm³/mol. The van der Waals surface area contributed by atoms with Crippen molar-refractivity contribution in [1.29, 1.82) is 0 Å². The molecule has 0 aromatic carbocycles. The van der Waals surface area contributed by atoms with Gasteiger partial charge in [-0.15, -0.1) is 0 Å². The van der Waals surface area contributed by atoms with Crippen LogP contribution in [0.15, 0.2) is 5.16 Å². The Bertz CT molecular complexity index is 266. The van der Waals surface area contributed by atoms with Gasteiger partial charge in [0.15, 0.2) is 0 Å². The Kier molecular flexibility index (Phi) is 5.21. The second kappa shape index (κ2) is 6.21. The van der Waals surface area contributed by atoms with Crippen LogP contribution in [0.5, 0.6) is 0 Å². The second-order valence-corrected chi connectivity index (χ2v) is 5.45. The lowest BCUT2D eigenvalue weighted by Gasteiger charge is -2.28. The summed E-state index contributed by atoms with van der Waals surface area (Å²) < 4.78 is 5.60. The third-order valence-corrected chi connectivity index (χ3v) is 3.39. The molecule has 3 N–H and O–H groups in total. The third-order valence-electron chi connectivity index (χ3n) is 3.39. The van der Waals surface area contributed by atoms with E-state index in [4.69, 9.17) is 15.7 Å². The number of nitrogens with zero attached hydrogens (tertiary/aromatic N) is 2. The highest BCUT2D eigenvalue weighted by Gasteiger charge is 2.25. The molecule has 1 heterocycles. The molecular formula is C12H25N3O2. The first kappa shape index (κ1) is 14.3. The zero-order valence-electron chi connectivity index (χ0n) is 11.1. The molecule has 0 amide bonds. The molecule has 0 aromatic heterocycles. The SMILES string of the molecule is CC1CN(CCC(C)(C)C(N)=NO)CCCO1. The Balaban J connectivity index is 2.43. The molecule has 100 valence electrons. The minimum atomic E-state index is -0.259. The predicted octanol–water partition coefficient (Wildman–Crippen LogP) is 1.26. The average molecular weight is 243 g/mol. The van der Waals surface area contributed by atoms with E-state index < -0.39 is 0 Å². The molecule has 0 spiro atoms. The molecule has 1 aliphatic rings. The maximum absolute atomic E-state index is 8.72. The van der Waals surface area contributed by atoms with Gasteiger partial charge in [0.2, 0.25) is 0 Å². The zero-order valence-corrected chi connectivity index (χ0v) is 11.1. The summed E-state index contributed by atoms with van der Waals surface area (Å²) in [4.78, 5) is 2.39. The largest absolute Gasteiger partial charge is 0.409 e. The van der Waals surface area contributed by atoms with Crippen LogP contribution in [0.2, 0.25) is 0 Å². The summed E-state index contributed by atoms with van der Waals surface area (Å²) in [6.07, 6.45) is 2.26. The van der Waals surface area contributed by atoms with E-state index in [1.165, 1.54) is 0 Å². The van der Waals surface area contributed by atoms with Crippen molar-refractivity contribution >= 4 is 5.84 Å². The van der Waals surface area contributed by atoms with Crippen LogP contribution in [0.4, 0.5) is 0 Å². The maximum Gasteiger partial charge on any atom is 0.144 e. The van der Waals surface area contributed by atoms with E-state index in [-0.39, 0.29) is 5.41 Å². The van der Waals surface area contributed by atoms with Crippen LogP contribution in [0.1, 0.15) is 33.6 Å². The van der Waals surface area contributed by atoms with Crippen LogP contribution >= 0.6 is 0 Å². The van der Waals surface area contributed by atoms with E-state index in [0.717, 1.165) is 39.1 Å². The number of hydrogen-bond donors (Lipinski definition) is 2. The summed E-state index contributed by atoms with van der Waals surface area (Å²) in [5.41, 5.74) is 5.42. The normalized spacial score (nSPS) is 24.6. The van der Waals surface area contributed by atoms with Crippen molar-refractivity contribution in [2.24, 2.45) is 16.3 Å². The summed E-state index contributed by atoms with van der Waals surface area (Å²) in [7, 11) is 0. The highest BCUT2D eigenvalue weighted by Crippen LogP contribution is 2.21. The van der Waals surface area contributed by atoms with Gasteiger partial charge < -0.3 is 20.6 Å². The molecule has 5 heteroatoms. The molecule has 1 unspecified atom stereocenters. The van der Waals surface area contributed by atoms with E-state index in [9.17, 15) is 0 Å². The molecule has 5 nitrogen and oxygen atoms in total. The van der Waals surface area contributed by atoms with Gasteiger partial charge in [-0.1, -0.05) is 19.0 Å². The number of hydrogen-bond acceptors (Lipinski definition) is 4. The van der Waals surface area contributed by atoms with Gasteiger partial charge in [0.25, 0.3) is 0 Å². The molecule has 0 bridgehead atoms. The summed E-state index contributed by atoms with van der Waals surface area (Å²) in [6.45, 7) is 9.94. The standard InChI is InChI=1S/C12H25N3O2/c1-10-9-15(6-4-8-17-10)7-5-12(2,3)11(13)14-16/h10,16H,4-9H2,1-3H3,(H2,13,14). The number of amidine groups is 1. The van der Waals surface area contributed by atoms with E-state index in [1.54, 1.807) is 0 Å². The Morgan fingerprint density at radius 2 is 2.29 bits per heavy atom. The van der Waals surface area contributed by atoms with Crippen molar-refractivity contribution in [2.45, 2.75) is 39.7 Å². The lowest BCUT2D eigenvalue weighted by atomic mass is 9.88. The van der Waals surface area contributed by atoms with Gasteiger partial charge >= 0.3 is 0 Å². The number of oxime groups is 1. The summed E-state index contributed by atoms with van der Waals surface area (Å²) >= 11 is 0. The molecule has 1 saturated heterocycles. The molecule has 17 heavy (non-hydrogen) atoms. The van der Waals surface area contributed by atoms with Gasteiger partial charge in [-0.05, 0) is 26.3 Å². The summed E-state index contributed by atoms with van der Waals surface area (Å²) in [6, 6.07) is 0. The molecule has 1 aliphatic heterocycles. The first-order valence-electron chi connectivity index (χ1n) is 6.27. The molecule has 0 aliphatic carbocycles. The Morgan fingerprint density at radius 1 is 1.59 bits per heavy atom. The molecular weight excluding hydrogens is 218 g/mol. The highest BCUT2D eigenvalue weighted by molar-refractivity contribution is 5.85. The molecule has 0 aromatic rings. The number of nitrogens with two attached hydrogens (primary N) is 1.